The normalized spacial score (nSPS) is 49.7. The molecule has 0 aromatic carbocycles. The maximum atomic E-state index is 13.1. The van der Waals surface area contributed by atoms with Gasteiger partial charge in [0.15, 0.2) is 0 Å². The summed E-state index contributed by atoms with van der Waals surface area (Å²) in [6, 6.07) is 0. The van der Waals surface area contributed by atoms with E-state index in [9.17, 15) is 19.8 Å². The topological polar surface area (TPSA) is 83.8 Å². The summed E-state index contributed by atoms with van der Waals surface area (Å²) in [6.45, 7) is 11.5. The summed E-state index contributed by atoms with van der Waals surface area (Å²) in [5, 5.41) is 20.6. The first-order chi connectivity index (χ1) is 12.6. The number of ether oxygens (including phenoxy) is 1. The lowest BCUT2D eigenvalue weighted by molar-refractivity contribution is -0.207. The lowest BCUT2D eigenvalue weighted by Crippen LogP contribution is -2.63. The van der Waals surface area contributed by atoms with Gasteiger partial charge in [0, 0.05) is 23.2 Å². The summed E-state index contributed by atoms with van der Waals surface area (Å²) < 4.78 is 5.77. The van der Waals surface area contributed by atoms with E-state index in [-0.39, 0.29) is 29.0 Å². The zero-order valence-corrected chi connectivity index (χ0v) is 17.0. The van der Waals surface area contributed by atoms with Crippen LogP contribution in [0.4, 0.5) is 0 Å². The molecule has 0 aromatic rings. The molecular weight excluding hydrogens is 344 g/mol. The highest BCUT2D eigenvalue weighted by Crippen LogP contribution is 2.67. The molecule has 3 fully saturated rings. The molecule has 5 nitrogen and oxygen atoms in total. The number of rotatable bonds is 3. The van der Waals surface area contributed by atoms with Gasteiger partial charge in [0.2, 0.25) is 0 Å². The summed E-state index contributed by atoms with van der Waals surface area (Å²) in [5.74, 6) is -0.520. The number of aliphatic hydroxyl groups is 2. The molecule has 1 unspecified atom stereocenters. The van der Waals surface area contributed by atoms with Gasteiger partial charge in [-0.05, 0) is 42.9 Å². The molecule has 2 bridgehead atoms. The minimum Gasteiger partial charge on any atom is -0.460 e. The molecule has 0 saturated heterocycles. The van der Waals surface area contributed by atoms with E-state index in [1.807, 2.05) is 6.92 Å². The Hall–Kier alpha value is -1.20. The molecule has 3 rings (SSSR count). The molecule has 5 heteroatoms. The van der Waals surface area contributed by atoms with E-state index in [0.717, 1.165) is 19.3 Å². The van der Waals surface area contributed by atoms with Crippen LogP contribution < -0.4 is 0 Å². The van der Waals surface area contributed by atoms with E-state index < -0.39 is 35.6 Å². The number of esters is 1. The summed E-state index contributed by atoms with van der Waals surface area (Å²) in [5.41, 5.74) is -1.43. The molecule has 0 aromatic heterocycles. The van der Waals surface area contributed by atoms with Gasteiger partial charge in [0.25, 0.3) is 0 Å². The van der Waals surface area contributed by atoms with Gasteiger partial charge in [0.05, 0.1) is 6.10 Å². The Balaban J connectivity index is 2.21. The van der Waals surface area contributed by atoms with Crippen molar-refractivity contribution in [3.05, 3.63) is 12.7 Å². The van der Waals surface area contributed by atoms with Crippen molar-refractivity contribution in [1.29, 1.82) is 0 Å². The predicted molar refractivity (Wildman–Crippen MR) is 102 cm³/mol. The van der Waals surface area contributed by atoms with Crippen LogP contribution in [0.15, 0.2) is 12.7 Å². The number of carbonyl (C=O) groups is 2. The van der Waals surface area contributed by atoms with Crippen LogP contribution in [0, 0.1) is 34.0 Å². The third-order valence-electron chi connectivity index (χ3n) is 8.70. The Bertz CT molecular complexity index is 645. The highest BCUT2D eigenvalue weighted by Gasteiger charge is 2.68. The smallest absolute Gasteiger partial charge is 0.332 e. The van der Waals surface area contributed by atoms with E-state index in [0.29, 0.717) is 12.8 Å². The van der Waals surface area contributed by atoms with Crippen molar-refractivity contribution in [2.24, 2.45) is 34.0 Å². The van der Waals surface area contributed by atoms with Crippen molar-refractivity contribution in [3.63, 3.8) is 0 Å². The van der Waals surface area contributed by atoms with Gasteiger partial charge >= 0.3 is 5.97 Å². The number of ketones is 1. The van der Waals surface area contributed by atoms with E-state index in [1.54, 1.807) is 6.08 Å². The first kappa shape index (κ1) is 20.5. The predicted octanol–water partition coefficient (Wildman–Crippen LogP) is 2.89. The first-order valence-corrected chi connectivity index (χ1v) is 10.2. The van der Waals surface area contributed by atoms with Gasteiger partial charge in [-0.25, -0.2) is 4.79 Å². The van der Waals surface area contributed by atoms with Crippen LogP contribution in [0.1, 0.15) is 59.8 Å². The minimum absolute atomic E-state index is 0.0433. The number of carbonyl (C=O) groups excluding carboxylic acids is 2. The fraction of sp³-hybridized carbons (Fsp3) is 0.818. The van der Waals surface area contributed by atoms with Crippen LogP contribution in [0.5, 0.6) is 0 Å². The fourth-order valence-corrected chi connectivity index (χ4v) is 6.70. The van der Waals surface area contributed by atoms with Crippen molar-refractivity contribution in [2.75, 3.05) is 6.61 Å². The second-order valence-corrected chi connectivity index (χ2v) is 9.72. The van der Waals surface area contributed by atoms with Crippen LogP contribution in [0.3, 0.4) is 0 Å². The number of Topliss-reactive ketones (excluding diaryl/α,β-unsaturated/α-hetero) is 1. The van der Waals surface area contributed by atoms with Crippen LogP contribution in [-0.2, 0) is 14.3 Å². The van der Waals surface area contributed by atoms with Gasteiger partial charge in [0.1, 0.15) is 18.5 Å². The largest absolute Gasteiger partial charge is 0.460 e. The lowest BCUT2D eigenvalue weighted by Gasteiger charge is -2.61. The molecule has 0 spiro atoms. The van der Waals surface area contributed by atoms with Gasteiger partial charge < -0.3 is 14.9 Å². The molecule has 0 heterocycles. The highest BCUT2D eigenvalue weighted by molar-refractivity contribution is 5.85. The molecule has 3 aliphatic rings. The van der Waals surface area contributed by atoms with Crippen molar-refractivity contribution < 1.29 is 24.5 Å². The molecule has 3 saturated carbocycles. The molecule has 0 radical (unpaired) electrons. The molecule has 3 aliphatic carbocycles. The Morgan fingerprint density at radius 2 is 2.00 bits per heavy atom. The maximum Gasteiger partial charge on any atom is 0.332 e. The van der Waals surface area contributed by atoms with Gasteiger partial charge in [-0.1, -0.05) is 33.8 Å². The van der Waals surface area contributed by atoms with Crippen molar-refractivity contribution in [3.8, 4) is 0 Å². The number of hydrogen-bond acceptors (Lipinski definition) is 5. The van der Waals surface area contributed by atoms with Gasteiger partial charge in [-0.3, -0.25) is 4.79 Å². The van der Waals surface area contributed by atoms with Crippen molar-refractivity contribution in [2.45, 2.75) is 72.0 Å². The van der Waals surface area contributed by atoms with E-state index >= 15 is 0 Å². The zero-order chi connectivity index (χ0) is 20.2. The monoisotopic (exact) mass is 378 g/mol. The molecule has 152 valence electrons. The second kappa shape index (κ2) is 6.70. The third kappa shape index (κ3) is 2.72. The Kier molecular flexibility index (Phi) is 5.09. The molecule has 8 atom stereocenters. The SMILES string of the molecule is C=C[C@@]1(C)C[C@@H](OC(=O)CO)[C@@]2(C)C3C(=O)CC[C@@]3(CC[C@H]2C)[C@@H](C)[C@@H]1O. The van der Waals surface area contributed by atoms with Crippen LogP contribution in [0.2, 0.25) is 0 Å². The standard InChI is InChI=1S/C22H34O5/c1-6-20(4)11-16(27-17(25)12-23)21(5)13(2)7-9-22(14(3)19(20)26)10-8-15(24)18(21)22/h6,13-14,16,18-19,23,26H,1,7-12H2,2-5H3/t13-,14+,16-,18?,19+,20+,21+,22+/m1/s1. The highest BCUT2D eigenvalue weighted by atomic mass is 16.6. The van der Waals surface area contributed by atoms with Gasteiger partial charge in [-0.2, -0.15) is 0 Å². The maximum absolute atomic E-state index is 13.1. The summed E-state index contributed by atoms with van der Waals surface area (Å²) in [4.78, 5) is 25.2. The van der Waals surface area contributed by atoms with E-state index in [2.05, 4.69) is 27.4 Å². The number of aliphatic hydroxyl groups excluding tert-OH is 2. The number of hydrogen-bond donors (Lipinski definition) is 2. The Labute approximate surface area is 162 Å². The molecule has 27 heavy (non-hydrogen) atoms. The zero-order valence-electron chi connectivity index (χ0n) is 17.0. The van der Waals surface area contributed by atoms with Crippen LogP contribution in [-0.4, -0.2) is 40.8 Å². The summed E-state index contributed by atoms with van der Waals surface area (Å²) in [6.07, 6.45) is 4.10. The Morgan fingerprint density at radius 1 is 1.33 bits per heavy atom. The quantitative estimate of drug-likeness (QED) is 0.583. The average molecular weight is 379 g/mol. The lowest BCUT2D eigenvalue weighted by atomic mass is 9.44. The van der Waals surface area contributed by atoms with E-state index in [1.165, 1.54) is 0 Å². The summed E-state index contributed by atoms with van der Waals surface area (Å²) in [7, 11) is 0. The average Bonchev–Trinajstić information content (AvgIpc) is 3.00. The molecule has 0 aliphatic heterocycles. The molecule has 2 N–H and O–H groups in total. The second-order valence-electron chi connectivity index (χ2n) is 9.72. The fourth-order valence-electron chi connectivity index (χ4n) is 6.70. The first-order valence-electron chi connectivity index (χ1n) is 10.2. The van der Waals surface area contributed by atoms with Crippen molar-refractivity contribution >= 4 is 11.8 Å². The van der Waals surface area contributed by atoms with Crippen LogP contribution in [0.25, 0.3) is 0 Å². The summed E-state index contributed by atoms with van der Waals surface area (Å²) >= 11 is 0. The molecular formula is C22H34O5. The minimum atomic E-state index is -0.686. The van der Waals surface area contributed by atoms with Gasteiger partial charge in [-0.15, -0.1) is 6.58 Å². The third-order valence-corrected chi connectivity index (χ3v) is 8.70. The molecule has 0 amide bonds. The van der Waals surface area contributed by atoms with Crippen LogP contribution >= 0.6 is 0 Å². The van der Waals surface area contributed by atoms with E-state index in [4.69, 9.17) is 4.74 Å². The van der Waals surface area contributed by atoms with Crippen molar-refractivity contribution in [1.82, 2.24) is 0 Å². The Morgan fingerprint density at radius 3 is 2.59 bits per heavy atom.